The number of halogens is 3. The summed E-state index contributed by atoms with van der Waals surface area (Å²) >= 11 is 0. The first-order valence-corrected chi connectivity index (χ1v) is 10.4. The molecule has 2 atom stereocenters. The molecule has 0 bridgehead atoms. The lowest BCUT2D eigenvalue weighted by Gasteiger charge is -2.30. The topological polar surface area (TPSA) is 53.2 Å². The Balaban J connectivity index is 1.36. The number of carbonyl (C=O) groups is 1. The molecule has 0 spiro atoms. The number of urea groups is 1. The van der Waals surface area contributed by atoms with E-state index in [4.69, 9.17) is 0 Å². The van der Waals surface area contributed by atoms with Gasteiger partial charge in [-0.15, -0.1) is 0 Å². The van der Waals surface area contributed by atoms with Gasteiger partial charge >= 0.3 is 12.2 Å². The molecule has 4 nitrogen and oxygen atoms in total. The van der Waals surface area contributed by atoms with Gasteiger partial charge in [0.15, 0.2) is 0 Å². The maximum absolute atomic E-state index is 12.7. The van der Waals surface area contributed by atoms with Crippen LogP contribution >= 0.6 is 0 Å². The van der Waals surface area contributed by atoms with Gasteiger partial charge in [0.2, 0.25) is 0 Å². The van der Waals surface area contributed by atoms with Crippen molar-refractivity contribution < 1.29 is 18.0 Å². The van der Waals surface area contributed by atoms with E-state index in [0.29, 0.717) is 18.5 Å². The zero-order valence-electron chi connectivity index (χ0n) is 16.8. The Bertz CT molecular complexity index is 811. The quantitative estimate of drug-likeness (QED) is 0.539. The molecule has 1 heterocycles. The van der Waals surface area contributed by atoms with Gasteiger partial charge in [0, 0.05) is 18.3 Å². The number of anilines is 1. The van der Waals surface area contributed by atoms with E-state index in [-0.39, 0.29) is 5.69 Å². The summed E-state index contributed by atoms with van der Waals surface area (Å²) < 4.78 is 38.2. The number of hydrogen-bond donors (Lipinski definition) is 3. The van der Waals surface area contributed by atoms with Crippen molar-refractivity contribution in [2.75, 3.05) is 18.4 Å². The summed E-state index contributed by atoms with van der Waals surface area (Å²) in [6, 6.07) is 15.1. The van der Waals surface area contributed by atoms with Gasteiger partial charge in [0.05, 0.1) is 5.56 Å². The van der Waals surface area contributed by atoms with Gasteiger partial charge in [0.25, 0.3) is 0 Å². The van der Waals surface area contributed by atoms with Crippen LogP contribution in [-0.2, 0) is 12.6 Å². The number of benzene rings is 2. The highest BCUT2D eigenvalue weighted by atomic mass is 19.4. The fraction of sp³-hybridized carbons (Fsp3) is 0.435. The van der Waals surface area contributed by atoms with Gasteiger partial charge < -0.3 is 16.0 Å². The molecule has 1 fully saturated rings. The van der Waals surface area contributed by atoms with Crippen molar-refractivity contribution in [1.82, 2.24) is 10.6 Å². The van der Waals surface area contributed by atoms with E-state index in [1.165, 1.54) is 24.1 Å². The Labute approximate surface area is 175 Å². The van der Waals surface area contributed by atoms with Crippen LogP contribution < -0.4 is 16.0 Å². The highest BCUT2D eigenvalue weighted by Gasteiger charge is 2.30. The maximum atomic E-state index is 12.7. The molecule has 1 aliphatic rings. The van der Waals surface area contributed by atoms with Gasteiger partial charge in [0.1, 0.15) is 0 Å². The Hall–Kier alpha value is -2.54. The summed E-state index contributed by atoms with van der Waals surface area (Å²) in [6.45, 7) is 1.48. The molecule has 0 radical (unpaired) electrons. The number of rotatable bonds is 7. The van der Waals surface area contributed by atoms with E-state index in [1.807, 2.05) is 6.07 Å². The molecule has 1 saturated heterocycles. The minimum atomic E-state index is -4.43. The van der Waals surface area contributed by atoms with Crippen molar-refractivity contribution in [3.8, 4) is 0 Å². The van der Waals surface area contributed by atoms with E-state index >= 15 is 0 Å². The Morgan fingerprint density at radius 3 is 2.67 bits per heavy atom. The van der Waals surface area contributed by atoms with Crippen LogP contribution in [0.4, 0.5) is 23.7 Å². The minimum absolute atomic E-state index is 0.125. The lowest BCUT2D eigenvalue weighted by atomic mass is 9.86. The third kappa shape index (κ3) is 7.06. The molecule has 30 heavy (non-hydrogen) atoms. The van der Waals surface area contributed by atoms with Crippen molar-refractivity contribution in [2.45, 2.75) is 44.3 Å². The summed E-state index contributed by atoms with van der Waals surface area (Å²) in [6.07, 6.45) is 0.714. The number of carbonyl (C=O) groups excluding carboxylic acids is 1. The third-order valence-electron chi connectivity index (χ3n) is 5.43. The second kappa shape index (κ2) is 10.5. The predicted molar refractivity (Wildman–Crippen MR) is 112 cm³/mol. The van der Waals surface area contributed by atoms with Crippen molar-refractivity contribution in [3.63, 3.8) is 0 Å². The van der Waals surface area contributed by atoms with Gasteiger partial charge in [-0.05, 0) is 68.3 Å². The van der Waals surface area contributed by atoms with Crippen LogP contribution in [0, 0.1) is 5.92 Å². The molecule has 3 N–H and O–H groups in total. The maximum Gasteiger partial charge on any atom is 0.416 e. The monoisotopic (exact) mass is 419 g/mol. The first-order valence-electron chi connectivity index (χ1n) is 10.4. The highest BCUT2D eigenvalue weighted by molar-refractivity contribution is 5.89. The van der Waals surface area contributed by atoms with E-state index in [9.17, 15) is 18.0 Å². The standard InChI is InChI=1S/C23H28F3N3O/c24-23(25,26)19-8-4-9-21(16-19)29-22(30)28-12-5-10-20-15-18(11-13-27-20)14-17-6-2-1-3-7-17/h1-4,6-9,16,18,20,27H,5,10-15H2,(H2,28,29,30). The zero-order chi connectivity index (χ0) is 21.4. The molecule has 3 rings (SSSR count). The van der Waals surface area contributed by atoms with Crippen molar-refractivity contribution in [2.24, 2.45) is 5.92 Å². The van der Waals surface area contributed by atoms with Gasteiger partial charge in [-0.1, -0.05) is 36.4 Å². The van der Waals surface area contributed by atoms with Crippen molar-refractivity contribution in [3.05, 3.63) is 65.7 Å². The van der Waals surface area contributed by atoms with Crippen LogP contribution in [0.15, 0.2) is 54.6 Å². The lowest BCUT2D eigenvalue weighted by molar-refractivity contribution is -0.137. The highest BCUT2D eigenvalue weighted by Crippen LogP contribution is 2.30. The second-order valence-electron chi connectivity index (χ2n) is 7.83. The van der Waals surface area contributed by atoms with E-state index in [0.717, 1.165) is 44.4 Å². The summed E-state index contributed by atoms with van der Waals surface area (Å²) in [5.41, 5.74) is 0.713. The average Bonchev–Trinajstić information content (AvgIpc) is 2.72. The molecule has 1 aliphatic heterocycles. The summed E-state index contributed by atoms with van der Waals surface area (Å²) in [5.74, 6) is 0.663. The first kappa shape index (κ1) is 22.2. The summed E-state index contributed by atoms with van der Waals surface area (Å²) in [7, 11) is 0. The van der Waals surface area contributed by atoms with E-state index in [1.54, 1.807) is 0 Å². The third-order valence-corrected chi connectivity index (χ3v) is 5.43. The minimum Gasteiger partial charge on any atom is -0.338 e. The number of amides is 2. The first-order chi connectivity index (χ1) is 14.4. The number of piperidine rings is 1. The molecule has 2 aromatic carbocycles. The SMILES string of the molecule is O=C(NCCCC1CC(Cc2ccccc2)CCN1)Nc1cccc(C(F)(F)F)c1. The summed E-state index contributed by atoms with van der Waals surface area (Å²) in [4.78, 5) is 12.0. The van der Waals surface area contributed by atoms with E-state index < -0.39 is 17.8 Å². The van der Waals surface area contributed by atoms with Crippen LogP contribution in [0.2, 0.25) is 0 Å². The molecule has 2 aromatic rings. The van der Waals surface area contributed by atoms with Crippen molar-refractivity contribution in [1.29, 1.82) is 0 Å². The molecule has 0 saturated carbocycles. The normalized spacial score (nSPS) is 19.3. The predicted octanol–water partition coefficient (Wildman–Crippen LogP) is 5.22. The molecule has 2 unspecified atom stereocenters. The largest absolute Gasteiger partial charge is 0.416 e. The van der Waals surface area contributed by atoms with Crippen LogP contribution in [0.3, 0.4) is 0 Å². The molecule has 0 aliphatic carbocycles. The Morgan fingerprint density at radius 1 is 1.10 bits per heavy atom. The average molecular weight is 419 g/mol. The summed E-state index contributed by atoms with van der Waals surface area (Å²) in [5, 5.41) is 8.73. The van der Waals surface area contributed by atoms with E-state index in [2.05, 4.69) is 40.2 Å². The Morgan fingerprint density at radius 2 is 1.90 bits per heavy atom. The number of alkyl halides is 3. The van der Waals surface area contributed by atoms with Crippen LogP contribution in [0.1, 0.15) is 36.8 Å². The van der Waals surface area contributed by atoms with Crippen LogP contribution in [0.5, 0.6) is 0 Å². The molecular formula is C23H28F3N3O. The fourth-order valence-corrected chi connectivity index (χ4v) is 3.95. The number of nitrogens with one attached hydrogen (secondary N) is 3. The lowest BCUT2D eigenvalue weighted by Crippen LogP contribution is -2.39. The van der Waals surface area contributed by atoms with Gasteiger partial charge in [-0.3, -0.25) is 0 Å². The van der Waals surface area contributed by atoms with Crippen LogP contribution in [0.25, 0.3) is 0 Å². The molecule has 7 heteroatoms. The second-order valence-corrected chi connectivity index (χ2v) is 7.83. The molecular weight excluding hydrogens is 391 g/mol. The molecule has 162 valence electrons. The van der Waals surface area contributed by atoms with Gasteiger partial charge in [-0.2, -0.15) is 13.2 Å². The number of hydrogen-bond acceptors (Lipinski definition) is 2. The fourth-order valence-electron chi connectivity index (χ4n) is 3.95. The van der Waals surface area contributed by atoms with Crippen LogP contribution in [-0.4, -0.2) is 25.2 Å². The smallest absolute Gasteiger partial charge is 0.338 e. The van der Waals surface area contributed by atoms with Crippen molar-refractivity contribution >= 4 is 11.7 Å². The Kier molecular flexibility index (Phi) is 7.74. The van der Waals surface area contributed by atoms with Gasteiger partial charge in [-0.25, -0.2) is 4.79 Å². The molecule has 2 amide bonds. The zero-order valence-corrected chi connectivity index (χ0v) is 16.8. The molecule has 0 aromatic heterocycles.